The number of benzene rings is 3. The number of thioether (sulfide) groups is 1. The number of carbonyl (C=O) groups is 1. The van der Waals surface area contributed by atoms with Crippen LogP contribution in [0.15, 0.2) is 96.4 Å². The van der Waals surface area contributed by atoms with Crippen LogP contribution in [0.25, 0.3) is 11.0 Å². The molecule has 0 aliphatic heterocycles. The fourth-order valence-electron chi connectivity index (χ4n) is 3.94. The van der Waals surface area contributed by atoms with E-state index in [1.54, 1.807) is 43.4 Å². The van der Waals surface area contributed by atoms with E-state index in [2.05, 4.69) is 10.3 Å². The molecule has 0 bridgehead atoms. The van der Waals surface area contributed by atoms with Crippen LogP contribution in [0.5, 0.6) is 5.75 Å². The molecule has 1 amide bonds. The highest BCUT2D eigenvalue weighted by Crippen LogP contribution is 2.28. The zero-order chi connectivity index (χ0) is 25.6. The monoisotopic (exact) mass is 512 g/mol. The number of hydrogen-bond acceptors (Lipinski definition) is 5. The Kier molecular flexibility index (Phi) is 7.46. The summed E-state index contributed by atoms with van der Waals surface area (Å²) in [4.78, 5) is 21.6. The molecule has 0 aliphatic rings. The first-order valence-electron chi connectivity index (χ1n) is 11.8. The second-order valence-corrected chi connectivity index (χ2v) is 9.40. The molecule has 0 aliphatic carbocycles. The van der Waals surface area contributed by atoms with Crippen molar-refractivity contribution in [3.05, 3.63) is 119 Å². The highest BCUT2D eigenvalue weighted by molar-refractivity contribution is 7.98. The Balaban J connectivity index is 1.25. The van der Waals surface area contributed by atoms with Gasteiger partial charge in [0.2, 0.25) is 0 Å². The van der Waals surface area contributed by atoms with E-state index in [4.69, 9.17) is 9.72 Å². The zero-order valence-electron chi connectivity index (χ0n) is 20.2. The van der Waals surface area contributed by atoms with E-state index in [1.165, 1.54) is 6.07 Å². The molecular formula is C29H25FN4O2S. The van der Waals surface area contributed by atoms with Gasteiger partial charge in [0.15, 0.2) is 5.16 Å². The molecule has 5 aromatic rings. The first-order valence-corrected chi connectivity index (χ1v) is 12.8. The van der Waals surface area contributed by atoms with Gasteiger partial charge < -0.3 is 14.6 Å². The SMILES string of the molecule is COc1ccc(CNC(=O)c2ccc(CSc3nc4ccncc4n3Cc3ccccc3F)cc2)cc1. The first-order chi connectivity index (χ1) is 18.1. The summed E-state index contributed by atoms with van der Waals surface area (Å²) in [5.74, 6) is 1.06. The van der Waals surface area contributed by atoms with Crippen molar-refractivity contribution in [2.45, 2.75) is 24.0 Å². The van der Waals surface area contributed by atoms with Crippen molar-refractivity contribution in [3.8, 4) is 5.75 Å². The molecule has 2 heterocycles. The van der Waals surface area contributed by atoms with Crippen LogP contribution in [-0.4, -0.2) is 27.6 Å². The van der Waals surface area contributed by atoms with Crippen LogP contribution in [0.1, 0.15) is 27.0 Å². The zero-order valence-corrected chi connectivity index (χ0v) is 21.0. The number of halogens is 1. The van der Waals surface area contributed by atoms with E-state index < -0.39 is 0 Å². The number of ether oxygens (including phenoxy) is 1. The van der Waals surface area contributed by atoms with E-state index in [9.17, 15) is 9.18 Å². The largest absolute Gasteiger partial charge is 0.497 e. The Bertz CT molecular complexity index is 1520. The lowest BCUT2D eigenvalue weighted by Gasteiger charge is -2.10. The number of fused-ring (bicyclic) bond motifs is 1. The first kappa shape index (κ1) is 24.5. The molecule has 0 saturated heterocycles. The maximum Gasteiger partial charge on any atom is 0.251 e. The minimum Gasteiger partial charge on any atom is -0.497 e. The predicted octanol–water partition coefficient (Wildman–Crippen LogP) is 5.85. The van der Waals surface area contributed by atoms with Crippen molar-refractivity contribution in [1.29, 1.82) is 0 Å². The van der Waals surface area contributed by atoms with Crippen LogP contribution in [-0.2, 0) is 18.8 Å². The molecule has 0 unspecified atom stereocenters. The summed E-state index contributed by atoms with van der Waals surface area (Å²) in [7, 11) is 1.62. The standard InChI is InChI=1S/C29H25FN4O2S/c1-36-24-12-8-20(9-13-24)16-32-28(35)22-10-6-21(7-11-22)19-37-29-33-26-14-15-31-17-27(26)34(29)18-23-4-2-3-5-25(23)30/h2-15,17H,16,18-19H2,1H3,(H,32,35). The number of methoxy groups -OCH3 is 1. The Morgan fingerprint density at radius 1 is 1.00 bits per heavy atom. The fraction of sp³-hybridized carbons (Fsp3) is 0.138. The molecule has 0 atom stereocenters. The van der Waals surface area contributed by atoms with Crippen molar-refractivity contribution in [2.75, 3.05) is 7.11 Å². The Labute approximate surface area is 218 Å². The van der Waals surface area contributed by atoms with Crippen molar-refractivity contribution < 1.29 is 13.9 Å². The number of pyridine rings is 1. The van der Waals surface area contributed by atoms with Crippen LogP contribution in [0.2, 0.25) is 0 Å². The fourth-order valence-corrected chi connectivity index (χ4v) is 4.91. The minimum absolute atomic E-state index is 0.130. The van der Waals surface area contributed by atoms with Gasteiger partial charge in [-0.05, 0) is 47.5 Å². The second kappa shape index (κ2) is 11.3. The molecule has 0 spiro atoms. The van der Waals surface area contributed by atoms with Crippen molar-refractivity contribution >= 4 is 28.7 Å². The molecule has 186 valence electrons. The number of aromatic nitrogens is 3. The lowest BCUT2D eigenvalue weighted by atomic mass is 10.1. The predicted molar refractivity (Wildman–Crippen MR) is 143 cm³/mol. The van der Waals surface area contributed by atoms with Gasteiger partial charge in [-0.2, -0.15) is 0 Å². The summed E-state index contributed by atoms with van der Waals surface area (Å²) in [6.07, 6.45) is 3.46. The van der Waals surface area contributed by atoms with Gasteiger partial charge in [-0.1, -0.05) is 54.2 Å². The number of rotatable bonds is 9. The molecule has 0 saturated carbocycles. The number of hydrogen-bond donors (Lipinski definition) is 1. The van der Waals surface area contributed by atoms with Crippen LogP contribution in [0.4, 0.5) is 4.39 Å². The van der Waals surface area contributed by atoms with Gasteiger partial charge in [0, 0.05) is 29.6 Å². The molecule has 2 aromatic heterocycles. The molecule has 3 aromatic carbocycles. The van der Waals surface area contributed by atoms with Crippen molar-refractivity contribution in [3.63, 3.8) is 0 Å². The lowest BCUT2D eigenvalue weighted by Crippen LogP contribution is -2.22. The van der Waals surface area contributed by atoms with E-state index in [-0.39, 0.29) is 11.7 Å². The summed E-state index contributed by atoms with van der Waals surface area (Å²) < 4.78 is 21.5. The normalized spacial score (nSPS) is 11.0. The van der Waals surface area contributed by atoms with E-state index in [0.29, 0.717) is 30.0 Å². The maximum atomic E-state index is 14.4. The third kappa shape index (κ3) is 5.81. The summed E-state index contributed by atoms with van der Waals surface area (Å²) in [5.41, 5.74) is 4.92. The average molecular weight is 513 g/mol. The van der Waals surface area contributed by atoms with Gasteiger partial charge in [-0.25, -0.2) is 9.37 Å². The van der Waals surface area contributed by atoms with Crippen LogP contribution < -0.4 is 10.1 Å². The highest BCUT2D eigenvalue weighted by Gasteiger charge is 2.14. The summed E-state index contributed by atoms with van der Waals surface area (Å²) in [6.45, 7) is 0.804. The van der Waals surface area contributed by atoms with Crippen molar-refractivity contribution in [2.24, 2.45) is 0 Å². The van der Waals surface area contributed by atoms with Crippen LogP contribution >= 0.6 is 11.8 Å². The molecule has 0 fully saturated rings. The Morgan fingerprint density at radius 3 is 2.51 bits per heavy atom. The molecule has 5 rings (SSSR count). The molecule has 37 heavy (non-hydrogen) atoms. The lowest BCUT2D eigenvalue weighted by molar-refractivity contribution is 0.0951. The average Bonchev–Trinajstić information content (AvgIpc) is 3.29. The number of amides is 1. The number of nitrogens with one attached hydrogen (secondary N) is 1. The van der Waals surface area contributed by atoms with E-state index in [1.807, 2.05) is 65.2 Å². The highest BCUT2D eigenvalue weighted by atomic mass is 32.2. The third-order valence-electron chi connectivity index (χ3n) is 6.00. The van der Waals surface area contributed by atoms with Gasteiger partial charge >= 0.3 is 0 Å². The number of imidazole rings is 1. The summed E-state index contributed by atoms with van der Waals surface area (Å²) >= 11 is 1.57. The Hall–Kier alpha value is -4.17. The molecule has 6 nitrogen and oxygen atoms in total. The number of nitrogens with zero attached hydrogens (tertiary/aromatic N) is 3. The van der Waals surface area contributed by atoms with Gasteiger partial charge in [-0.15, -0.1) is 0 Å². The second-order valence-electron chi connectivity index (χ2n) is 8.45. The maximum absolute atomic E-state index is 14.4. The molecule has 1 N–H and O–H groups in total. The van der Waals surface area contributed by atoms with E-state index >= 15 is 0 Å². The smallest absolute Gasteiger partial charge is 0.251 e. The summed E-state index contributed by atoms with van der Waals surface area (Å²) in [5, 5.41) is 3.73. The molecule has 8 heteroatoms. The third-order valence-corrected chi connectivity index (χ3v) is 7.05. The van der Waals surface area contributed by atoms with Crippen LogP contribution in [0, 0.1) is 5.82 Å². The summed E-state index contributed by atoms with van der Waals surface area (Å²) in [6, 6.07) is 23.8. The molecule has 0 radical (unpaired) electrons. The topological polar surface area (TPSA) is 69.0 Å². The van der Waals surface area contributed by atoms with E-state index in [0.717, 1.165) is 33.1 Å². The van der Waals surface area contributed by atoms with Gasteiger partial charge in [0.1, 0.15) is 11.6 Å². The number of carbonyl (C=O) groups excluding carboxylic acids is 1. The van der Waals surface area contributed by atoms with Gasteiger partial charge in [0.05, 0.1) is 30.9 Å². The minimum atomic E-state index is -0.245. The Morgan fingerprint density at radius 2 is 1.76 bits per heavy atom. The van der Waals surface area contributed by atoms with Gasteiger partial charge in [0.25, 0.3) is 5.91 Å². The molecular weight excluding hydrogens is 487 g/mol. The van der Waals surface area contributed by atoms with Gasteiger partial charge in [-0.3, -0.25) is 9.78 Å². The quantitative estimate of drug-likeness (QED) is 0.251. The van der Waals surface area contributed by atoms with Crippen molar-refractivity contribution in [1.82, 2.24) is 19.9 Å². The van der Waals surface area contributed by atoms with Crippen LogP contribution in [0.3, 0.4) is 0 Å².